The third kappa shape index (κ3) is 3.50. The van der Waals surface area contributed by atoms with Crippen LogP contribution in [0.25, 0.3) is 0 Å². The first kappa shape index (κ1) is 13.8. The van der Waals surface area contributed by atoms with Crippen LogP contribution < -0.4 is 5.32 Å². The Morgan fingerprint density at radius 3 is 2.42 bits per heavy atom. The van der Waals surface area contributed by atoms with Crippen LogP contribution in [0.5, 0.6) is 0 Å². The average molecular weight is 265 g/mol. The van der Waals surface area contributed by atoms with E-state index in [4.69, 9.17) is 0 Å². The van der Waals surface area contributed by atoms with E-state index < -0.39 is 0 Å². The highest BCUT2D eigenvalue weighted by atomic mass is 15.2. The highest BCUT2D eigenvalue weighted by Gasteiger charge is 2.35. The number of rotatable bonds is 5. The fraction of sp³-hybridized carbons (Fsp3) is 1.00. The number of likely N-dealkylation sites (tertiary alicyclic amines) is 2. The molecule has 3 rings (SSSR count). The zero-order chi connectivity index (χ0) is 13.2. The highest BCUT2D eigenvalue weighted by Crippen LogP contribution is 2.30. The van der Waals surface area contributed by atoms with Crippen molar-refractivity contribution in [3.63, 3.8) is 0 Å². The van der Waals surface area contributed by atoms with Crippen molar-refractivity contribution >= 4 is 0 Å². The topological polar surface area (TPSA) is 18.5 Å². The highest BCUT2D eigenvalue weighted by molar-refractivity contribution is 4.93. The fourth-order valence-corrected chi connectivity index (χ4v) is 3.97. The van der Waals surface area contributed by atoms with Crippen molar-refractivity contribution in [2.45, 2.75) is 64.1 Å². The molecule has 3 aliphatic rings. The lowest BCUT2D eigenvalue weighted by molar-refractivity contribution is 0.164. The summed E-state index contributed by atoms with van der Waals surface area (Å²) in [6.45, 7) is 11.2. The zero-order valence-electron chi connectivity index (χ0n) is 12.8. The molecular formula is C16H31N3. The molecule has 2 saturated heterocycles. The number of nitrogens with one attached hydrogen (secondary N) is 1. The van der Waals surface area contributed by atoms with Crippen LogP contribution in [-0.2, 0) is 0 Å². The van der Waals surface area contributed by atoms with Crippen molar-refractivity contribution in [1.82, 2.24) is 15.1 Å². The minimum Gasteiger partial charge on any atom is -0.310 e. The molecule has 1 saturated carbocycles. The lowest BCUT2D eigenvalue weighted by atomic mass is 9.90. The van der Waals surface area contributed by atoms with E-state index in [1.54, 1.807) is 0 Å². The number of piperidine rings is 1. The van der Waals surface area contributed by atoms with Gasteiger partial charge in [0.15, 0.2) is 0 Å². The summed E-state index contributed by atoms with van der Waals surface area (Å²) in [7, 11) is 0. The van der Waals surface area contributed by atoms with Gasteiger partial charge in [-0.05, 0) is 64.6 Å². The molecule has 0 spiro atoms. The maximum Gasteiger partial charge on any atom is 0.0209 e. The van der Waals surface area contributed by atoms with E-state index in [1.807, 2.05) is 0 Å². The van der Waals surface area contributed by atoms with E-state index in [2.05, 4.69) is 29.0 Å². The minimum atomic E-state index is 0.711. The summed E-state index contributed by atoms with van der Waals surface area (Å²) in [5.74, 6) is 0.901. The number of hydrogen-bond acceptors (Lipinski definition) is 3. The zero-order valence-corrected chi connectivity index (χ0v) is 12.8. The van der Waals surface area contributed by atoms with Crippen molar-refractivity contribution in [1.29, 1.82) is 0 Å². The summed E-state index contributed by atoms with van der Waals surface area (Å²) in [5.41, 5.74) is 0. The molecule has 2 unspecified atom stereocenters. The third-order valence-corrected chi connectivity index (χ3v) is 5.57. The first-order valence-electron chi connectivity index (χ1n) is 8.48. The van der Waals surface area contributed by atoms with Crippen LogP contribution in [0.4, 0.5) is 0 Å². The number of nitrogens with zero attached hydrogens (tertiary/aromatic N) is 2. The molecule has 0 aromatic rings. The summed E-state index contributed by atoms with van der Waals surface area (Å²) in [5, 5.41) is 3.93. The van der Waals surface area contributed by atoms with Gasteiger partial charge >= 0.3 is 0 Å². The van der Waals surface area contributed by atoms with Crippen LogP contribution in [0.3, 0.4) is 0 Å². The molecule has 0 amide bonds. The van der Waals surface area contributed by atoms with E-state index in [0.29, 0.717) is 6.04 Å². The number of hydrogen-bond donors (Lipinski definition) is 1. The monoisotopic (exact) mass is 265 g/mol. The molecule has 1 N–H and O–H groups in total. The van der Waals surface area contributed by atoms with Gasteiger partial charge < -0.3 is 10.2 Å². The van der Waals surface area contributed by atoms with Crippen LogP contribution in [-0.4, -0.2) is 60.6 Å². The van der Waals surface area contributed by atoms with E-state index in [9.17, 15) is 0 Å². The third-order valence-electron chi connectivity index (χ3n) is 5.57. The summed E-state index contributed by atoms with van der Waals surface area (Å²) < 4.78 is 0. The second-order valence-corrected chi connectivity index (χ2v) is 6.94. The molecule has 1 aliphatic carbocycles. The lowest BCUT2D eigenvalue weighted by Gasteiger charge is -2.35. The van der Waals surface area contributed by atoms with Gasteiger partial charge in [0.2, 0.25) is 0 Å². The van der Waals surface area contributed by atoms with Crippen molar-refractivity contribution < 1.29 is 0 Å². The molecule has 0 radical (unpaired) electrons. The predicted molar refractivity (Wildman–Crippen MR) is 80.4 cm³/mol. The van der Waals surface area contributed by atoms with Crippen LogP contribution in [0, 0.1) is 5.92 Å². The van der Waals surface area contributed by atoms with Crippen molar-refractivity contribution in [2.75, 3.05) is 32.7 Å². The molecule has 110 valence electrons. The average Bonchev–Trinajstić information content (AvgIpc) is 3.20. The van der Waals surface area contributed by atoms with Gasteiger partial charge in [0, 0.05) is 31.2 Å². The van der Waals surface area contributed by atoms with Gasteiger partial charge in [-0.25, -0.2) is 0 Å². The van der Waals surface area contributed by atoms with E-state index in [0.717, 1.165) is 18.0 Å². The normalized spacial score (nSPS) is 32.8. The quantitative estimate of drug-likeness (QED) is 0.819. The largest absolute Gasteiger partial charge is 0.310 e. The van der Waals surface area contributed by atoms with Gasteiger partial charge in [0.1, 0.15) is 0 Å². The molecule has 3 heteroatoms. The van der Waals surface area contributed by atoms with Gasteiger partial charge in [-0.2, -0.15) is 0 Å². The molecular weight excluding hydrogens is 234 g/mol. The van der Waals surface area contributed by atoms with E-state index in [-0.39, 0.29) is 0 Å². The molecule has 19 heavy (non-hydrogen) atoms. The SMILES string of the molecule is CCN1CCC(C(C)NC2CCN(C3CC3)C2)CC1. The molecule has 0 aromatic heterocycles. The summed E-state index contributed by atoms with van der Waals surface area (Å²) in [6.07, 6.45) is 7.06. The van der Waals surface area contributed by atoms with Crippen molar-refractivity contribution in [3.05, 3.63) is 0 Å². The van der Waals surface area contributed by atoms with Crippen molar-refractivity contribution in [2.24, 2.45) is 5.92 Å². The van der Waals surface area contributed by atoms with Crippen molar-refractivity contribution in [3.8, 4) is 0 Å². The fourth-order valence-electron chi connectivity index (χ4n) is 3.97. The standard InChI is InChI=1S/C16H31N3/c1-3-18-9-6-14(7-10-18)13(2)17-15-8-11-19(12-15)16-4-5-16/h13-17H,3-12H2,1-2H3. The Morgan fingerprint density at radius 2 is 1.79 bits per heavy atom. The molecule has 2 aliphatic heterocycles. The van der Waals surface area contributed by atoms with Gasteiger partial charge in [0.25, 0.3) is 0 Å². The summed E-state index contributed by atoms with van der Waals surface area (Å²) >= 11 is 0. The first-order chi connectivity index (χ1) is 9.26. The maximum absolute atomic E-state index is 3.93. The predicted octanol–water partition coefficient (Wildman–Crippen LogP) is 1.93. The molecule has 0 aromatic carbocycles. The Hall–Kier alpha value is -0.120. The van der Waals surface area contributed by atoms with Gasteiger partial charge in [-0.15, -0.1) is 0 Å². The van der Waals surface area contributed by atoms with Crippen LogP contribution in [0.15, 0.2) is 0 Å². The molecule has 2 atom stereocenters. The second kappa shape index (κ2) is 6.11. The second-order valence-electron chi connectivity index (χ2n) is 6.94. The van der Waals surface area contributed by atoms with Crippen LogP contribution in [0.1, 0.15) is 46.0 Å². The Bertz CT molecular complexity index is 282. The molecule has 2 heterocycles. The Balaban J connectivity index is 1.40. The van der Waals surface area contributed by atoms with Crippen LogP contribution in [0.2, 0.25) is 0 Å². The minimum absolute atomic E-state index is 0.711. The Morgan fingerprint density at radius 1 is 1.05 bits per heavy atom. The van der Waals surface area contributed by atoms with E-state index >= 15 is 0 Å². The Kier molecular flexibility index (Phi) is 4.45. The molecule has 3 fully saturated rings. The smallest absolute Gasteiger partial charge is 0.0209 e. The maximum atomic E-state index is 3.93. The summed E-state index contributed by atoms with van der Waals surface area (Å²) in [4.78, 5) is 5.30. The molecule has 3 nitrogen and oxygen atoms in total. The van der Waals surface area contributed by atoms with E-state index in [1.165, 1.54) is 64.8 Å². The lowest BCUT2D eigenvalue weighted by Crippen LogP contribution is -2.46. The van der Waals surface area contributed by atoms with Crippen LogP contribution >= 0.6 is 0 Å². The summed E-state index contributed by atoms with van der Waals surface area (Å²) in [6, 6.07) is 2.43. The van der Waals surface area contributed by atoms with Gasteiger partial charge in [-0.3, -0.25) is 4.90 Å². The molecule has 0 bridgehead atoms. The van der Waals surface area contributed by atoms with Gasteiger partial charge in [0.05, 0.1) is 0 Å². The Labute approximate surface area is 118 Å². The first-order valence-corrected chi connectivity index (χ1v) is 8.48. The van der Waals surface area contributed by atoms with Gasteiger partial charge in [-0.1, -0.05) is 6.92 Å².